The zero-order valence-electron chi connectivity index (χ0n) is 13.4. The van der Waals surface area contributed by atoms with Gasteiger partial charge in [-0.15, -0.1) is 0 Å². The number of likely N-dealkylation sites (N-methyl/N-ethyl adjacent to an activating group) is 1. The molecule has 0 spiro atoms. The van der Waals surface area contributed by atoms with Gasteiger partial charge in [0.25, 0.3) is 5.91 Å². The molecule has 0 saturated heterocycles. The summed E-state index contributed by atoms with van der Waals surface area (Å²) in [6, 6.07) is 7.09. The van der Waals surface area contributed by atoms with Crippen LogP contribution in [0.5, 0.6) is 5.75 Å². The zero-order valence-corrected chi connectivity index (χ0v) is 13.4. The van der Waals surface area contributed by atoms with Crippen LogP contribution in [0.25, 0.3) is 0 Å². The second kappa shape index (κ2) is 8.15. The molecule has 1 aromatic carbocycles. The first kappa shape index (κ1) is 16.8. The Balaban J connectivity index is 1.99. The highest BCUT2D eigenvalue weighted by atomic mass is 16.5. The van der Waals surface area contributed by atoms with Crippen LogP contribution in [0.1, 0.15) is 36.0 Å². The maximum atomic E-state index is 12.5. The molecule has 0 heterocycles. The molecule has 1 aromatic rings. The third-order valence-electron chi connectivity index (χ3n) is 3.97. The number of benzene rings is 1. The number of nitrogens with one attached hydrogen (secondary N) is 1. The number of amides is 1. The van der Waals surface area contributed by atoms with Gasteiger partial charge < -0.3 is 20.1 Å². The van der Waals surface area contributed by atoms with E-state index in [2.05, 4.69) is 5.32 Å². The van der Waals surface area contributed by atoms with Crippen molar-refractivity contribution >= 4 is 5.91 Å². The van der Waals surface area contributed by atoms with Crippen LogP contribution in [-0.2, 0) is 0 Å². The molecule has 2 N–H and O–H groups in total. The first-order valence-electron chi connectivity index (χ1n) is 7.93. The molecule has 2 rings (SSSR count). The Bertz CT molecular complexity index is 491. The van der Waals surface area contributed by atoms with Gasteiger partial charge in [-0.3, -0.25) is 4.79 Å². The highest BCUT2D eigenvalue weighted by molar-refractivity contribution is 5.97. The first-order chi connectivity index (χ1) is 10.6. The maximum Gasteiger partial charge on any atom is 0.255 e. The van der Waals surface area contributed by atoms with Gasteiger partial charge in [0.15, 0.2) is 0 Å². The third-order valence-corrected chi connectivity index (χ3v) is 3.97. The van der Waals surface area contributed by atoms with Crippen molar-refractivity contribution in [1.29, 1.82) is 0 Å². The molecule has 0 aliphatic heterocycles. The molecule has 1 saturated carbocycles. The van der Waals surface area contributed by atoms with Gasteiger partial charge >= 0.3 is 0 Å². The number of para-hydroxylation sites is 1. The molecular weight excluding hydrogens is 280 g/mol. The van der Waals surface area contributed by atoms with E-state index in [-0.39, 0.29) is 11.9 Å². The average Bonchev–Trinajstić information content (AvgIpc) is 2.49. The van der Waals surface area contributed by atoms with Crippen molar-refractivity contribution in [3.63, 3.8) is 0 Å². The number of hydrogen-bond donors (Lipinski definition) is 2. The number of aliphatic hydroxyl groups excluding tert-OH is 1. The number of carbonyl (C=O) groups excluding carboxylic acids is 1. The topological polar surface area (TPSA) is 61.8 Å². The van der Waals surface area contributed by atoms with Crippen LogP contribution in [0.2, 0.25) is 0 Å². The van der Waals surface area contributed by atoms with Crippen molar-refractivity contribution < 1.29 is 14.6 Å². The minimum atomic E-state index is -0.445. The lowest BCUT2D eigenvalue weighted by Crippen LogP contribution is -2.45. The summed E-state index contributed by atoms with van der Waals surface area (Å²) in [5.41, 5.74) is 0.527. The van der Waals surface area contributed by atoms with Crippen molar-refractivity contribution in [2.75, 3.05) is 27.2 Å². The van der Waals surface area contributed by atoms with E-state index in [0.29, 0.717) is 17.9 Å². The van der Waals surface area contributed by atoms with Crippen LogP contribution in [0.4, 0.5) is 0 Å². The quantitative estimate of drug-likeness (QED) is 0.839. The van der Waals surface area contributed by atoms with Gasteiger partial charge in [0.2, 0.25) is 0 Å². The summed E-state index contributed by atoms with van der Waals surface area (Å²) >= 11 is 0. The van der Waals surface area contributed by atoms with Gasteiger partial charge in [0.1, 0.15) is 12.4 Å². The summed E-state index contributed by atoms with van der Waals surface area (Å²) in [5, 5.41) is 12.9. The minimum Gasteiger partial charge on any atom is -0.491 e. The van der Waals surface area contributed by atoms with Gasteiger partial charge in [-0.2, -0.15) is 0 Å². The molecule has 0 bridgehead atoms. The summed E-state index contributed by atoms with van der Waals surface area (Å²) < 4.78 is 5.72. The average molecular weight is 306 g/mol. The standard InChI is InChI=1S/C17H26N2O3/c1-19(2)11-12-22-16-10-6-3-7-13(16)17(21)18-14-8-4-5-9-15(14)20/h3,6-7,10,14-15,20H,4-5,8-9,11-12H2,1-2H3,(H,18,21). The van der Waals surface area contributed by atoms with E-state index in [1.807, 2.05) is 37.2 Å². The van der Waals surface area contributed by atoms with Gasteiger partial charge in [-0.25, -0.2) is 0 Å². The lowest BCUT2D eigenvalue weighted by atomic mass is 9.92. The van der Waals surface area contributed by atoms with Crippen LogP contribution < -0.4 is 10.1 Å². The van der Waals surface area contributed by atoms with E-state index in [1.165, 1.54) is 0 Å². The number of rotatable bonds is 6. The van der Waals surface area contributed by atoms with Crippen molar-refractivity contribution in [2.24, 2.45) is 0 Å². The predicted octanol–water partition coefficient (Wildman–Crippen LogP) is 1.66. The molecular formula is C17H26N2O3. The van der Waals surface area contributed by atoms with Crippen LogP contribution >= 0.6 is 0 Å². The lowest BCUT2D eigenvalue weighted by molar-refractivity contribution is 0.0714. The Morgan fingerprint density at radius 3 is 2.77 bits per heavy atom. The third kappa shape index (κ3) is 4.71. The Morgan fingerprint density at radius 1 is 1.32 bits per heavy atom. The van der Waals surface area contributed by atoms with E-state index in [9.17, 15) is 9.90 Å². The highest BCUT2D eigenvalue weighted by Gasteiger charge is 2.25. The van der Waals surface area contributed by atoms with Crippen molar-refractivity contribution in [3.05, 3.63) is 29.8 Å². The maximum absolute atomic E-state index is 12.5. The monoisotopic (exact) mass is 306 g/mol. The summed E-state index contributed by atoms with van der Waals surface area (Å²) in [5.74, 6) is 0.415. The van der Waals surface area contributed by atoms with Gasteiger partial charge in [0, 0.05) is 6.54 Å². The predicted molar refractivity (Wildman–Crippen MR) is 86.2 cm³/mol. The van der Waals surface area contributed by atoms with E-state index in [0.717, 1.165) is 32.2 Å². The van der Waals surface area contributed by atoms with Crippen LogP contribution in [0.3, 0.4) is 0 Å². The molecule has 0 aromatic heterocycles. The number of ether oxygens (including phenoxy) is 1. The van der Waals surface area contributed by atoms with Crippen LogP contribution in [-0.4, -0.2) is 55.3 Å². The van der Waals surface area contributed by atoms with E-state index in [4.69, 9.17) is 4.74 Å². The van der Waals surface area contributed by atoms with Crippen molar-refractivity contribution in [2.45, 2.75) is 37.8 Å². The number of hydrogen-bond acceptors (Lipinski definition) is 4. The normalized spacial score (nSPS) is 21.6. The van der Waals surface area contributed by atoms with E-state index >= 15 is 0 Å². The van der Waals surface area contributed by atoms with Gasteiger partial charge in [-0.1, -0.05) is 25.0 Å². The SMILES string of the molecule is CN(C)CCOc1ccccc1C(=O)NC1CCCCC1O. The fourth-order valence-electron chi connectivity index (χ4n) is 2.64. The van der Waals surface area contributed by atoms with Crippen molar-refractivity contribution in [1.82, 2.24) is 10.2 Å². The molecule has 122 valence electrons. The molecule has 1 aliphatic carbocycles. The lowest BCUT2D eigenvalue weighted by Gasteiger charge is -2.28. The molecule has 1 amide bonds. The Morgan fingerprint density at radius 2 is 2.05 bits per heavy atom. The molecule has 2 unspecified atom stereocenters. The molecule has 1 fully saturated rings. The van der Waals surface area contributed by atoms with E-state index in [1.54, 1.807) is 6.07 Å². The Kier molecular flexibility index (Phi) is 6.21. The first-order valence-corrected chi connectivity index (χ1v) is 7.93. The van der Waals surface area contributed by atoms with Crippen LogP contribution in [0.15, 0.2) is 24.3 Å². The van der Waals surface area contributed by atoms with Gasteiger partial charge in [-0.05, 0) is 39.1 Å². The Hall–Kier alpha value is -1.59. The van der Waals surface area contributed by atoms with Crippen molar-refractivity contribution in [3.8, 4) is 5.75 Å². The fraction of sp³-hybridized carbons (Fsp3) is 0.588. The second-order valence-corrected chi connectivity index (χ2v) is 6.08. The molecule has 0 radical (unpaired) electrons. The van der Waals surface area contributed by atoms with Gasteiger partial charge in [0.05, 0.1) is 17.7 Å². The smallest absolute Gasteiger partial charge is 0.255 e. The minimum absolute atomic E-state index is 0.156. The number of carbonyl (C=O) groups is 1. The molecule has 2 atom stereocenters. The number of aliphatic hydroxyl groups is 1. The molecule has 5 heteroatoms. The highest BCUT2D eigenvalue weighted by Crippen LogP contribution is 2.21. The molecule has 1 aliphatic rings. The molecule has 5 nitrogen and oxygen atoms in total. The summed E-state index contributed by atoms with van der Waals surface area (Å²) in [6.45, 7) is 1.32. The Labute approximate surface area is 132 Å². The summed E-state index contributed by atoms with van der Waals surface area (Å²) in [4.78, 5) is 14.5. The van der Waals surface area contributed by atoms with E-state index < -0.39 is 6.10 Å². The number of nitrogens with zero attached hydrogens (tertiary/aromatic N) is 1. The summed E-state index contributed by atoms with van der Waals surface area (Å²) in [6.07, 6.45) is 3.21. The largest absolute Gasteiger partial charge is 0.491 e. The molecule has 22 heavy (non-hydrogen) atoms. The van der Waals surface area contributed by atoms with Crippen LogP contribution in [0, 0.1) is 0 Å². The second-order valence-electron chi connectivity index (χ2n) is 6.08. The fourth-order valence-corrected chi connectivity index (χ4v) is 2.64. The summed E-state index contributed by atoms with van der Waals surface area (Å²) in [7, 11) is 3.96. The zero-order chi connectivity index (χ0) is 15.9.